The number of hydrogen-bond acceptors (Lipinski definition) is 6. The van der Waals surface area contributed by atoms with E-state index in [0.717, 1.165) is 74.0 Å². The van der Waals surface area contributed by atoms with Gasteiger partial charge in [0.25, 0.3) is 0 Å². The van der Waals surface area contributed by atoms with Crippen LogP contribution in [-0.4, -0.2) is 66.2 Å². The average Bonchev–Trinajstić information content (AvgIpc) is 3.36. The van der Waals surface area contributed by atoms with E-state index in [4.69, 9.17) is 9.26 Å². The largest absolute Gasteiger partial charge is 0.489 e. The molecule has 2 saturated heterocycles. The molecule has 1 amide bonds. The summed E-state index contributed by atoms with van der Waals surface area (Å²) < 4.78 is 11.0. The lowest BCUT2D eigenvalue weighted by molar-refractivity contribution is -0.129. The average molecular weight is 435 g/mol. The van der Waals surface area contributed by atoms with Crippen LogP contribution in [0.15, 0.2) is 28.8 Å². The molecule has 164 valence electrons. The van der Waals surface area contributed by atoms with Gasteiger partial charge in [-0.1, -0.05) is 17.3 Å². The standard InChI is InChI=1S/C22H30N4O3.ClH/c1-16-21(17(2)29-24-16)15-28-20-5-3-18(4-6-20)13-22(27)26-10-7-19(14-26)25-11-8-23-9-12-25;/h3-6,19,23H,7-15H2,1-2H3;1H. The van der Waals surface area contributed by atoms with Crippen molar-refractivity contribution in [2.45, 2.75) is 39.3 Å². The first-order chi connectivity index (χ1) is 14.1. The van der Waals surface area contributed by atoms with Crippen LogP contribution in [0, 0.1) is 13.8 Å². The molecule has 2 aliphatic rings. The molecule has 30 heavy (non-hydrogen) atoms. The van der Waals surface area contributed by atoms with Gasteiger partial charge in [0, 0.05) is 45.3 Å². The number of piperazine rings is 1. The predicted molar refractivity (Wildman–Crippen MR) is 117 cm³/mol. The fraction of sp³-hybridized carbons (Fsp3) is 0.545. The van der Waals surface area contributed by atoms with E-state index in [9.17, 15) is 4.79 Å². The van der Waals surface area contributed by atoms with Gasteiger partial charge >= 0.3 is 0 Å². The summed E-state index contributed by atoms with van der Waals surface area (Å²) in [7, 11) is 0. The molecule has 0 radical (unpaired) electrons. The summed E-state index contributed by atoms with van der Waals surface area (Å²) in [5, 5.41) is 7.34. The van der Waals surface area contributed by atoms with Crippen molar-refractivity contribution in [3.63, 3.8) is 0 Å². The Labute approximate surface area is 184 Å². The maximum Gasteiger partial charge on any atom is 0.227 e. The van der Waals surface area contributed by atoms with E-state index in [0.29, 0.717) is 19.1 Å². The van der Waals surface area contributed by atoms with Crippen molar-refractivity contribution in [2.24, 2.45) is 0 Å². The molecule has 2 fully saturated rings. The summed E-state index contributed by atoms with van der Waals surface area (Å²) in [4.78, 5) is 17.3. The third-order valence-corrected chi connectivity index (χ3v) is 6.03. The van der Waals surface area contributed by atoms with Crippen LogP contribution >= 0.6 is 12.4 Å². The van der Waals surface area contributed by atoms with Gasteiger partial charge in [-0.3, -0.25) is 9.69 Å². The van der Waals surface area contributed by atoms with Crippen LogP contribution in [0.25, 0.3) is 0 Å². The SMILES string of the molecule is Cc1noc(C)c1COc1ccc(CC(=O)N2CCC(N3CCNCC3)C2)cc1.Cl. The lowest BCUT2D eigenvalue weighted by atomic mass is 10.1. The molecule has 3 heterocycles. The number of carbonyl (C=O) groups is 1. The molecule has 1 atom stereocenters. The maximum atomic E-state index is 12.7. The molecule has 2 aromatic rings. The Bertz CT molecular complexity index is 814. The van der Waals surface area contributed by atoms with Crippen molar-refractivity contribution >= 4 is 18.3 Å². The van der Waals surface area contributed by atoms with Gasteiger partial charge in [0.15, 0.2) is 0 Å². The molecule has 0 bridgehead atoms. The van der Waals surface area contributed by atoms with Gasteiger partial charge in [0.05, 0.1) is 17.7 Å². The minimum atomic E-state index is 0. The molecule has 0 spiro atoms. The third-order valence-electron chi connectivity index (χ3n) is 6.03. The van der Waals surface area contributed by atoms with Crippen molar-refractivity contribution in [1.29, 1.82) is 0 Å². The maximum absolute atomic E-state index is 12.7. The molecule has 1 unspecified atom stereocenters. The van der Waals surface area contributed by atoms with Crippen LogP contribution in [0.1, 0.15) is 29.0 Å². The van der Waals surface area contributed by atoms with E-state index in [1.807, 2.05) is 43.0 Å². The van der Waals surface area contributed by atoms with E-state index < -0.39 is 0 Å². The van der Waals surface area contributed by atoms with E-state index in [1.165, 1.54) is 0 Å². The van der Waals surface area contributed by atoms with E-state index >= 15 is 0 Å². The summed E-state index contributed by atoms with van der Waals surface area (Å²) in [6, 6.07) is 8.32. The van der Waals surface area contributed by atoms with Crippen molar-refractivity contribution in [3.8, 4) is 5.75 Å². The molecule has 0 saturated carbocycles. The number of carbonyl (C=O) groups excluding carboxylic acids is 1. The number of likely N-dealkylation sites (tertiary alicyclic amines) is 1. The van der Waals surface area contributed by atoms with Crippen LogP contribution in [0.2, 0.25) is 0 Å². The molecule has 8 heteroatoms. The van der Waals surface area contributed by atoms with Gasteiger partial charge in [-0.05, 0) is 38.0 Å². The first-order valence-electron chi connectivity index (χ1n) is 10.5. The Morgan fingerprint density at radius 1 is 1.20 bits per heavy atom. The lowest BCUT2D eigenvalue weighted by Crippen LogP contribution is -2.49. The highest BCUT2D eigenvalue weighted by Gasteiger charge is 2.30. The smallest absolute Gasteiger partial charge is 0.227 e. The molecule has 4 rings (SSSR count). The van der Waals surface area contributed by atoms with Gasteiger partial charge in [-0.25, -0.2) is 0 Å². The van der Waals surface area contributed by atoms with Gasteiger partial charge in [0.1, 0.15) is 18.1 Å². The van der Waals surface area contributed by atoms with Gasteiger partial charge in [-0.2, -0.15) is 0 Å². The number of aryl methyl sites for hydroxylation is 2. The van der Waals surface area contributed by atoms with E-state index in [-0.39, 0.29) is 18.3 Å². The first kappa shape index (κ1) is 22.6. The highest BCUT2D eigenvalue weighted by molar-refractivity contribution is 5.85. The second-order valence-corrected chi connectivity index (χ2v) is 7.98. The van der Waals surface area contributed by atoms with Crippen molar-refractivity contribution < 1.29 is 14.1 Å². The molecule has 2 aliphatic heterocycles. The van der Waals surface area contributed by atoms with Crippen molar-refractivity contribution in [2.75, 3.05) is 39.3 Å². The Hall–Kier alpha value is -2.09. The van der Waals surface area contributed by atoms with Crippen LogP contribution in [0.4, 0.5) is 0 Å². The third kappa shape index (κ3) is 5.33. The number of benzene rings is 1. The zero-order chi connectivity index (χ0) is 20.2. The highest BCUT2D eigenvalue weighted by atomic mass is 35.5. The van der Waals surface area contributed by atoms with Crippen molar-refractivity contribution in [3.05, 3.63) is 46.8 Å². The quantitative estimate of drug-likeness (QED) is 0.752. The van der Waals surface area contributed by atoms with Gasteiger partial charge < -0.3 is 19.5 Å². The van der Waals surface area contributed by atoms with E-state index in [1.54, 1.807) is 0 Å². The second kappa shape index (κ2) is 10.3. The van der Waals surface area contributed by atoms with Crippen LogP contribution in [0.5, 0.6) is 5.75 Å². The Morgan fingerprint density at radius 3 is 2.60 bits per heavy atom. The van der Waals surface area contributed by atoms with Gasteiger partial charge in [0.2, 0.25) is 5.91 Å². The molecule has 1 aromatic carbocycles. The van der Waals surface area contributed by atoms with Crippen LogP contribution < -0.4 is 10.1 Å². The first-order valence-corrected chi connectivity index (χ1v) is 10.5. The highest BCUT2D eigenvalue weighted by Crippen LogP contribution is 2.20. The number of aromatic nitrogens is 1. The molecule has 1 aromatic heterocycles. The minimum Gasteiger partial charge on any atom is -0.489 e. The fourth-order valence-corrected chi connectivity index (χ4v) is 4.17. The number of nitrogens with one attached hydrogen (secondary N) is 1. The number of rotatable bonds is 6. The zero-order valence-electron chi connectivity index (χ0n) is 17.7. The zero-order valence-corrected chi connectivity index (χ0v) is 18.5. The number of nitrogens with zero attached hydrogens (tertiary/aromatic N) is 3. The monoisotopic (exact) mass is 434 g/mol. The molecule has 1 N–H and O–H groups in total. The van der Waals surface area contributed by atoms with E-state index in [2.05, 4.69) is 15.4 Å². The summed E-state index contributed by atoms with van der Waals surface area (Å²) in [5.41, 5.74) is 2.86. The van der Waals surface area contributed by atoms with Crippen LogP contribution in [0.3, 0.4) is 0 Å². The Balaban J connectivity index is 0.00000256. The van der Waals surface area contributed by atoms with Gasteiger partial charge in [-0.15, -0.1) is 12.4 Å². The number of halogens is 1. The number of hydrogen-bond donors (Lipinski definition) is 1. The number of amides is 1. The Kier molecular flexibility index (Phi) is 7.75. The fourth-order valence-electron chi connectivity index (χ4n) is 4.17. The topological polar surface area (TPSA) is 70.8 Å². The summed E-state index contributed by atoms with van der Waals surface area (Å²) in [6.07, 6.45) is 1.53. The predicted octanol–water partition coefficient (Wildman–Crippen LogP) is 2.34. The summed E-state index contributed by atoms with van der Waals surface area (Å²) in [6.45, 7) is 10.2. The molecule has 0 aliphatic carbocycles. The molecular weight excluding hydrogens is 404 g/mol. The number of ether oxygens (including phenoxy) is 1. The van der Waals surface area contributed by atoms with Crippen LogP contribution in [-0.2, 0) is 17.8 Å². The summed E-state index contributed by atoms with van der Waals surface area (Å²) >= 11 is 0. The molecule has 7 nitrogen and oxygen atoms in total. The normalized spacial score (nSPS) is 19.5. The lowest BCUT2D eigenvalue weighted by Gasteiger charge is -2.32. The minimum absolute atomic E-state index is 0. The summed E-state index contributed by atoms with van der Waals surface area (Å²) in [5.74, 6) is 1.78. The molecular formula is C22H31ClN4O3. The second-order valence-electron chi connectivity index (χ2n) is 7.98. The Morgan fingerprint density at radius 2 is 1.93 bits per heavy atom. The van der Waals surface area contributed by atoms with Crippen molar-refractivity contribution in [1.82, 2.24) is 20.3 Å².